The van der Waals surface area contributed by atoms with Gasteiger partial charge in [0, 0.05) is 31.0 Å². The van der Waals surface area contributed by atoms with Gasteiger partial charge in [0.2, 0.25) is 5.91 Å². The SMILES string of the molecule is CC(=O)N(c1cc(-c2ccc(S(C)(=O)=O)cc2)n(-c2cccc(F)c2)c1C)C(CCO[N+](=O)[O-])C(=O)O. The van der Waals surface area contributed by atoms with Crippen molar-refractivity contribution < 1.29 is 37.4 Å². The van der Waals surface area contributed by atoms with Crippen molar-refractivity contribution in [3.05, 3.63) is 76.2 Å². The molecule has 0 fully saturated rings. The zero-order chi connectivity index (χ0) is 27.5. The molecule has 1 aromatic heterocycles. The lowest BCUT2D eigenvalue weighted by Gasteiger charge is -2.28. The van der Waals surface area contributed by atoms with E-state index in [1.165, 1.54) is 36.4 Å². The zero-order valence-corrected chi connectivity index (χ0v) is 20.9. The summed E-state index contributed by atoms with van der Waals surface area (Å²) < 4.78 is 39.5. The third-order valence-electron chi connectivity index (χ3n) is 5.65. The molecule has 0 radical (unpaired) electrons. The molecule has 0 spiro atoms. The molecule has 1 unspecified atom stereocenters. The first-order chi connectivity index (χ1) is 17.3. The van der Waals surface area contributed by atoms with Crippen LogP contribution in [0.1, 0.15) is 19.0 Å². The maximum absolute atomic E-state index is 14.1. The number of halogens is 1. The number of aromatic nitrogens is 1. The highest BCUT2D eigenvalue weighted by Gasteiger charge is 2.32. The largest absolute Gasteiger partial charge is 0.480 e. The summed E-state index contributed by atoms with van der Waals surface area (Å²) >= 11 is 0. The molecule has 1 atom stereocenters. The predicted octanol–water partition coefficient (Wildman–Crippen LogP) is 3.40. The predicted molar refractivity (Wildman–Crippen MR) is 131 cm³/mol. The van der Waals surface area contributed by atoms with E-state index in [4.69, 9.17) is 0 Å². The van der Waals surface area contributed by atoms with Crippen LogP contribution in [0.4, 0.5) is 10.1 Å². The number of aliphatic carboxylic acids is 1. The highest BCUT2D eigenvalue weighted by molar-refractivity contribution is 7.90. The lowest BCUT2D eigenvalue weighted by atomic mass is 10.1. The van der Waals surface area contributed by atoms with Crippen LogP contribution in [-0.4, -0.2) is 54.0 Å². The van der Waals surface area contributed by atoms with Crippen molar-refractivity contribution in [2.45, 2.75) is 31.2 Å². The number of rotatable bonds is 10. The Morgan fingerprint density at radius 1 is 1.19 bits per heavy atom. The lowest BCUT2D eigenvalue weighted by molar-refractivity contribution is -0.757. The second-order valence-corrected chi connectivity index (χ2v) is 10.2. The average Bonchev–Trinajstić information content (AvgIpc) is 3.14. The van der Waals surface area contributed by atoms with E-state index >= 15 is 0 Å². The quantitative estimate of drug-likeness (QED) is 0.308. The first kappa shape index (κ1) is 27.3. The number of carboxylic acid groups (broad SMARTS) is 1. The van der Waals surface area contributed by atoms with Crippen LogP contribution in [-0.2, 0) is 24.3 Å². The molecule has 0 saturated heterocycles. The number of carboxylic acids is 1. The molecular formula is C24H24FN3O8S. The highest BCUT2D eigenvalue weighted by atomic mass is 32.2. The minimum absolute atomic E-state index is 0.0825. The van der Waals surface area contributed by atoms with Gasteiger partial charge >= 0.3 is 5.97 Å². The first-order valence-electron chi connectivity index (χ1n) is 10.9. The number of anilines is 1. The van der Waals surface area contributed by atoms with Crippen LogP contribution < -0.4 is 4.90 Å². The number of hydrogen-bond donors (Lipinski definition) is 1. The van der Waals surface area contributed by atoms with Crippen molar-refractivity contribution in [3.8, 4) is 16.9 Å². The molecule has 2 aromatic carbocycles. The Balaban J connectivity index is 2.23. The summed E-state index contributed by atoms with van der Waals surface area (Å²) in [6, 6.07) is 11.5. The molecule has 0 aliphatic carbocycles. The molecule has 0 bridgehead atoms. The van der Waals surface area contributed by atoms with Crippen molar-refractivity contribution in [3.63, 3.8) is 0 Å². The van der Waals surface area contributed by atoms with Gasteiger partial charge in [-0.25, -0.2) is 17.6 Å². The second-order valence-electron chi connectivity index (χ2n) is 8.20. The van der Waals surface area contributed by atoms with E-state index in [9.17, 15) is 37.6 Å². The van der Waals surface area contributed by atoms with Crippen molar-refractivity contribution in [2.24, 2.45) is 0 Å². The fourth-order valence-corrected chi connectivity index (χ4v) is 4.66. The Bertz CT molecular complexity index is 1450. The smallest absolute Gasteiger partial charge is 0.326 e. The molecule has 13 heteroatoms. The number of carbonyl (C=O) groups excluding carboxylic acids is 1. The van der Waals surface area contributed by atoms with Gasteiger partial charge in [-0.1, -0.05) is 18.2 Å². The third kappa shape index (κ3) is 6.12. The van der Waals surface area contributed by atoms with Crippen molar-refractivity contribution in [1.29, 1.82) is 0 Å². The van der Waals surface area contributed by atoms with Gasteiger partial charge in [-0.05, 0) is 48.9 Å². The molecule has 0 aliphatic heterocycles. The number of sulfone groups is 1. The van der Waals surface area contributed by atoms with E-state index in [-0.39, 0.29) is 17.0 Å². The fraction of sp³-hybridized carbons (Fsp3) is 0.250. The summed E-state index contributed by atoms with van der Waals surface area (Å²) in [4.78, 5) is 40.6. The number of amides is 1. The van der Waals surface area contributed by atoms with Crippen LogP contribution in [0.25, 0.3) is 16.9 Å². The maximum atomic E-state index is 14.1. The van der Waals surface area contributed by atoms with Crippen molar-refractivity contribution in [2.75, 3.05) is 17.8 Å². The molecule has 196 valence electrons. The Morgan fingerprint density at radius 2 is 1.84 bits per heavy atom. The normalized spacial score (nSPS) is 12.1. The molecule has 11 nitrogen and oxygen atoms in total. The molecular weight excluding hydrogens is 509 g/mol. The van der Waals surface area contributed by atoms with Gasteiger partial charge < -0.3 is 14.5 Å². The van der Waals surface area contributed by atoms with E-state index in [0.29, 0.717) is 22.6 Å². The number of hydrogen-bond acceptors (Lipinski definition) is 7. The number of nitrogens with zero attached hydrogens (tertiary/aromatic N) is 3. The summed E-state index contributed by atoms with van der Waals surface area (Å²) in [5.74, 6) is -2.58. The minimum atomic E-state index is -3.47. The summed E-state index contributed by atoms with van der Waals surface area (Å²) in [6.45, 7) is 2.21. The number of carbonyl (C=O) groups is 2. The molecule has 1 N–H and O–H groups in total. The summed E-state index contributed by atoms with van der Waals surface area (Å²) in [5.41, 5.74) is 1.86. The molecule has 1 heterocycles. The van der Waals surface area contributed by atoms with E-state index in [2.05, 4.69) is 4.84 Å². The Morgan fingerprint density at radius 3 is 2.35 bits per heavy atom. The minimum Gasteiger partial charge on any atom is -0.480 e. The molecule has 3 rings (SSSR count). The van der Waals surface area contributed by atoms with Crippen LogP contribution in [0.15, 0.2) is 59.5 Å². The van der Waals surface area contributed by atoms with Gasteiger partial charge in [0.15, 0.2) is 9.84 Å². The lowest BCUT2D eigenvalue weighted by Crippen LogP contribution is -2.45. The van der Waals surface area contributed by atoms with Crippen LogP contribution in [0.3, 0.4) is 0 Å². The maximum Gasteiger partial charge on any atom is 0.326 e. The highest BCUT2D eigenvalue weighted by Crippen LogP contribution is 2.36. The summed E-state index contributed by atoms with van der Waals surface area (Å²) in [5, 5.41) is 19.3. The third-order valence-corrected chi connectivity index (χ3v) is 6.78. The molecule has 3 aromatic rings. The van der Waals surface area contributed by atoms with Gasteiger partial charge in [-0.2, -0.15) is 0 Å². The monoisotopic (exact) mass is 533 g/mol. The van der Waals surface area contributed by atoms with E-state index in [0.717, 1.165) is 18.1 Å². The van der Waals surface area contributed by atoms with Crippen LogP contribution in [0.2, 0.25) is 0 Å². The summed E-state index contributed by atoms with van der Waals surface area (Å²) in [6.07, 6.45) is 0.692. The zero-order valence-electron chi connectivity index (χ0n) is 20.1. The standard InChI is InChI=1S/C24H24FN3O8S/c1-15-22(27(16(2)29)21(24(30)31)11-12-36-28(32)33)14-23(26(15)19-6-4-5-18(25)13-19)17-7-9-20(10-8-17)37(3,34)35/h4-10,13-14,21H,11-12H2,1-3H3,(H,30,31). The van der Waals surface area contributed by atoms with Crippen LogP contribution >= 0.6 is 0 Å². The van der Waals surface area contributed by atoms with Crippen molar-refractivity contribution >= 4 is 27.4 Å². The van der Waals surface area contributed by atoms with Gasteiger partial charge in [0.05, 0.1) is 22.9 Å². The topological polar surface area (TPSA) is 149 Å². The van der Waals surface area contributed by atoms with Crippen LogP contribution in [0, 0.1) is 22.9 Å². The van der Waals surface area contributed by atoms with Gasteiger partial charge in [-0.3, -0.25) is 9.69 Å². The van der Waals surface area contributed by atoms with Gasteiger partial charge in [0.1, 0.15) is 11.9 Å². The van der Waals surface area contributed by atoms with Gasteiger partial charge in [0.25, 0.3) is 5.09 Å². The average molecular weight is 534 g/mol. The second kappa shape index (κ2) is 10.8. The first-order valence-corrected chi connectivity index (χ1v) is 12.8. The Kier molecular flexibility index (Phi) is 7.96. The van der Waals surface area contributed by atoms with E-state index < -0.39 is 45.3 Å². The number of benzene rings is 2. The summed E-state index contributed by atoms with van der Waals surface area (Å²) in [7, 11) is -3.47. The van der Waals surface area contributed by atoms with Crippen molar-refractivity contribution in [1.82, 2.24) is 4.57 Å². The Labute approximate surface area is 211 Å². The fourth-order valence-electron chi connectivity index (χ4n) is 4.03. The van der Waals surface area contributed by atoms with E-state index in [1.54, 1.807) is 29.7 Å². The molecule has 1 amide bonds. The molecule has 0 aliphatic rings. The molecule has 37 heavy (non-hydrogen) atoms. The van der Waals surface area contributed by atoms with Gasteiger partial charge in [-0.15, -0.1) is 10.1 Å². The molecule has 0 saturated carbocycles. The van der Waals surface area contributed by atoms with Crippen LogP contribution in [0.5, 0.6) is 0 Å². The van der Waals surface area contributed by atoms with E-state index in [1.807, 2.05) is 0 Å². The Hall–Kier alpha value is -4.26.